The minimum atomic E-state index is -0.265. The van der Waals surface area contributed by atoms with E-state index in [1.807, 2.05) is 31.2 Å². The lowest BCUT2D eigenvalue weighted by molar-refractivity contribution is 0.0526. The molecule has 2 aromatic carbocycles. The predicted molar refractivity (Wildman–Crippen MR) is 121 cm³/mol. The van der Waals surface area contributed by atoms with Gasteiger partial charge in [0.25, 0.3) is 0 Å². The number of esters is 1. The Morgan fingerprint density at radius 2 is 1.79 bits per heavy atom. The van der Waals surface area contributed by atoms with Crippen molar-refractivity contribution in [3.05, 3.63) is 59.7 Å². The standard InChI is InChI=1S/C25H34N2O2/c1-7-26(20-15-13-19(14-16-20)24(28)29-8-2)23-17-25(5,6)21-11-9-10-12-22(21)27(23)18(3)4/h9-16,18,23H,7-8,17H2,1-6H3. The van der Waals surface area contributed by atoms with Crippen LogP contribution in [0.3, 0.4) is 0 Å². The van der Waals surface area contributed by atoms with E-state index in [9.17, 15) is 4.79 Å². The Hall–Kier alpha value is -2.49. The van der Waals surface area contributed by atoms with Crippen LogP contribution in [0, 0.1) is 0 Å². The van der Waals surface area contributed by atoms with Gasteiger partial charge in [0, 0.05) is 24.0 Å². The Kier molecular flexibility index (Phi) is 6.21. The Morgan fingerprint density at radius 1 is 1.14 bits per heavy atom. The first kappa shape index (κ1) is 21.2. The Balaban J connectivity index is 1.99. The maximum Gasteiger partial charge on any atom is 0.338 e. The number of benzene rings is 2. The summed E-state index contributed by atoms with van der Waals surface area (Å²) in [5.74, 6) is -0.265. The van der Waals surface area contributed by atoms with Crippen LogP contribution < -0.4 is 9.80 Å². The third kappa shape index (κ3) is 4.12. The molecule has 0 spiro atoms. The second-order valence-electron chi connectivity index (χ2n) is 8.64. The van der Waals surface area contributed by atoms with Crippen molar-refractivity contribution >= 4 is 17.3 Å². The van der Waals surface area contributed by atoms with Crippen LogP contribution in [0.5, 0.6) is 0 Å². The highest BCUT2D eigenvalue weighted by Crippen LogP contribution is 2.44. The number of anilines is 2. The van der Waals surface area contributed by atoms with Gasteiger partial charge in [-0.2, -0.15) is 0 Å². The zero-order valence-electron chi connectivity index (χ0n) is 18.6. The van der Waals surface area contributed by atoms with Crippen molar-refractivity contribution in [1.82, 2.24) is 0 Å². The second kappa shape index (κ2) is 8.48. The van der Waals surface area contributed by atoms with Crippen LogP contribution in [-0.2, 0) is 10.2 Å². The third-order valence-electron chi connectivity index (χ3n) is 5.89. The maximum absolute atomic E-state index is 12.0. The summed E-state index contributed by atoms with van der Waals surface area (Å²) >= 11 is 0. The van der Waals surface area contributed by atoms with Crippen LogP contribution in [0.1, 0.15) is 63.9 Å². The molecule has 4 nitrogen and oxygen atoms in total. The van der Waals surface area contributed by atoms with Gasteiger partial charge in [0.2, 0.25) is 0 Å². The minimum absolute atomic E-state index is 0.0882. The minimum Gasteiger partial charge on any atom is -0.462 e. The van der Waals surface area contributed by atoms with E-state index < -0.39 is 0 Å². The molecule has 29 heavy (non-hydrogen) atoms. The van der Waals surface area contributed by atoms with Gasteiger partial charge in [-0.3, -0.25) is 0 Å². The Bertz CT molecular complexity index is 842. The van der Waals surface area contributed by atoms with E-state index in [1.54, 1.807) is 0 Å². The molecule has 0 N–H and O–H groups in total. The van der Waals surface area contributed by atoms with Crippen LogP contribution >= 0.6 is 0 Å². The lowest BCUT2D eigenvalue weighted by Gasteiger charge is -2.52. The number of rotatable bonds is 6. The summed E-state index contributed by atoms with van der Waals surface area (Å²) < 4.78 is 5.13. The molecule has 0 saturated heterocycles. The normalized spacial score (nSPS) is 17.8. The molecule has 1 unspecified atom stereocenters. The number of hydrogen-bond donors (Lipinski definition) is 0. The number of carbonyl (C=O) groups excluding carboxylic acids is 1. The lowest BCUT2D eigenvalue weighted by atomic mass is 9.75. The fourth-order valence-electron chi connectivity index (χ4n) is 4.55. The second-order valence-corrected chi connectivity index (χ2v) is 8.64. The van der Waals surface area contributed by atoms with Crippen molar-refractivity contribution in [3.63, 3.8) is 0 Å². The number of carbonyl (C=O) groups is 1. The van der Waals surface area contributed by atoms with Crippen molar-refractivity contribution in [2.24, 2.45) is 0 Å². The van der Waals surface area contributed by atoms with E-state index in [4.69, 9.17) is 4.74 Å². The molecule has 0 amide bonds. The molecular formula is C25H34N2O2. The van der Waals surface area contributed by atoms with E-state index in [0.717, 1.165) is 18.7 Å². The van der Waals surface area contributed by atoms with Crippen LogP contribution in [0.15, 0.2) is 48.5 Å². The molecule has 3 rings (SSSR count). The van der Waals surface area contributed by atoms with Crippen LogP contribution in [-0.4, -0.2) is 31.3 Å². The third-order valence-corrected chi connectivity index (χ3v) is 5.89. The fraction of sp³-hybridized carbons (Fsp3) is 0.480. The maximum atomic E-state index is 12.0. The molecule has 4 heteroatoms. The van der Waals surface area contributed by atoms with E-state index >= 15 is 0 Å². The molecule has 0 fully saturated rings. The molecule has 1 aliphatic heterocycles. The van der Waals surface area contributed by atoms with Gasteiger partial charge >= 0.3 is 5.97 Å². The summed E-state index contributed by atoms with van der Waals surface area (Å²) in [6, 6.07) is 17.0. The summed E-state index contributed by atoms with van der Waals surface area (Å²) in [7, 11) is 0. The van der Waals surface area contributed by atoms with Crippen molar-refractivity contribution < 1.29 is 9.53 Å². The van der Waals surface area contributed by atoms with Gasteiger partial charge in [0.1, 0.15) is 6.17 Å². The molecule has 1 aliphatic rings. The molecule has 0 saturated carbocycles. The molecular weight excluding hydrogens is 360 g/mol. The summed E-state index contributed by atoms with van der Waals surface area (Å²) in [5, 5.41) is 0. The summed E-state index contributed by atoms with van der Waals surface area (Å²) in [6.45, 7) is 14.5. The summed E-state index contributed by atoms with van der Waals surface area (Å²) in [5.41, 5.74) is 4.56. The number of para-hydroxylation sites is 1. The Labute approximate surface area is 175 Å². The number of nitrogens with zero attached hydrogens (tertiary/aromatic N) is 2. The molecule has 0 aromatic heterocycles. The number of ether oxygens (including phenoxy) is 1. The quantitative estimate of drug-likeness (QED) is 0.596. The highest BCUT2D eigenvalue weighted by atomic mass is 16.5. The molecule has 0 radical (unpaired) electrons. The molecule has 0 bridgehead atoms. The van der Waals surface area contributed by atoms with Crippen LogP contribution in [0.4, 0.5) is 11.4 Å². The van der Waals surface area contributed by atoms with Gasteiger partial charge in [-0.15, -0.1) is 0 Å². The SMILES string of the molecule is CCOC(=O)c1ccc(N(CC)C2CC(C)(C)c3ccccc3N2C(C)C)cc1. The monoisotopic (exact) mass is 394 g/mol. The van der Waals surface area contributed by atoms with Gasteiger partial charge < -0.3 is 14.5 Å². The zero-order chi connectivity index (χ0) is 21.2. The van der Waals surface area contributed by atoms with Crippen LogP contribution in [0.2, 0.25) is 0 Å². The first-order chi connectivity index (χ1) is 13.8. The summed E-state index contributed by atoms with van der Waals surface area (Å²) in [4.78, 5) is 17.0. The van der Waals surface area contributed by atoms with Crippen molar-refractivity contribution in [2.45, 2.75) is 65.6 Å². The molecule has 0 aliphatic carbocycles. The van der Waals surface area contributed by atoms with Crippen LogP contribution in [0.25, 0.3) is 0 Å². The molecule has 1 heterocycles. The predicted octanol–water partition coefficient (Wildman–Crippen LogP) is 5.61. The average molecular weight is 395 g/mol. The number of fused-ring (bicyclic) bond motifs is 1. The lowest BCUT2D eigenvalue weighted by Crippen LogP contribution is -2.57. The molecule has 156 valence electrons. The van der Waals surface area contributed by atoms with Gasteiger partial charge in [0.05, 0.1) is 12.2 Å². The highest BCUT2D eigenvalue weighted by Gasteiger charge is 2.40. The average Bonchev–Trinajstić information content (AvgIpc) is 2.69. The van der Waals surface area contributed by atoms with Gasteiger partial charge in [-0.25, -0.2) is 4.79 Å². The largest absolute Gasteiger partial charge is 0.462 e. The van der Waals surface area contributed by atoms with Crippen molar-refractivity contribution in [2.75, 3.05) is 23.0 Å². The zero-order valence-corrected chi connectivity index (χ0v) is 18.6. The first-order valence-corrected chi connectivity index (χ1v) is 10.7. The molecule has 1 atom stereocenters. The van der Waals surface area contributed by atoms with Gasteiger partial charge in [-0.1, -0.05) is 32.0 Å². The van der Waals surface area contributed by atoms with Crippen molar-refractivity contribution in [3.8, 4) is 0 Å². The smallest absolute Gasteiger partial charge is 0.338 e. The van der Waals surface area contributed by atoms with E-state index in [-0.39, 0.29) is 17.6 Å². The van der Waals surface area contributed by atoms with Crippen molar-refractivity contribution in [1.29, 1.82) is 0 Å². The highest BCUT2D eigenvalue weighted by molar-refractivity contribution is 5.89. The number of hydrogen-bond acceptors (Lipinski definition) is 4. The molecule has 2 aromatic rings. The van der Waals surface area contributed by atoms with E-state index in [1.165, 1.54) is 11.3 Å². The van der Waals surface area contributed by atoms with Gasteiger partial charge in [-0.05, 0) is 75.4 Å². The van der Waals surface area contributed by atoms with E-state index in [2.05, 4.69) is 68.7 Å². The topological polar surface area (TPSA) is 32.8 Å². The first-order valence-electron chi connectivity index (χ1n) is 10.7. The Morgan fingerprint density at radius 3 is 2.38 bits per heavy atom. The summed E-state index contributed by atoms with van der Waals surface area (Å²) in [6.07, 6.45) is 1.29. The fourth-order valence-corrected chi connectivity index (χ4v) is 4.55. The van der Waals surface area contributed by atoms with E-state index in [0.29, 0.717) is 18.2 Å². The van der Waals surface area contributed by atoms with Gasteiger partial charge in [0.15, 0.2) is 0 Å².